The van der Waals surface area contributed by atoms with Crippen molar-refractivity contribution in [2.24, 2.45) is 0 Å². The number of amides is 1. The van der Waals surface area contributed by atoms with Crippen molar-refractivity contribution >= 4 is 6.09 Å². The SMILES string of the molecule is CC(C)(C)OC(=O)N1CCC1c1cccc(O)c1. The molecule has 98 valence electrons. The first-order chi connectivity index (χ1) is 8.37. The van der Waals surface area contributed by atoms with Gasteiger partial charge < -0.3 is 14.7 Å². The number of nitrogens with zero attached hydrogens (tertiary/aromatic N) is 1. The second-order valence-corrected chi connectivity index (χ2v) is 5.57. The Bertz CT molecular complexity index is 451. The minimum atomic E-state index is -0.476. The molecule has 1 fully saturated rings. The maximum atomic E-state index is 12.0. The molecule has 1 N–H and O–H groups in total. The number of aromatic hydroxyl groups is 1. The van der Waals surface area contributed by atoms with E-state index in [1.807, 2.05) is 26.8 Å². The Kier molecular flexibility index (Phi) is 3.20. The van der Waals surface area contributed by atoms with Crippen molar-refractivity contribution in [1.29, 1.82) is 0 Å². The first kappa shape index (κ1) is 12.7. The summed E-state index contributed by atoms with van der Waals surface area (Å²) in [6.45, 7) is 6.27. The van der Waals surface area contributed by atoms with Crippen LogP contribution in [-0.4, -0.2) is 28.2 Å². The topological polar surface area (TPSA) is 49.8 Å². The fraction of sp³-hybridized carbons (Fsp3) is 0.500. The van der Waals surface area contributed by atoms with Gasteiger partial charge in [0.1, 0.15) is 11.4 Å². The third kappa shape index (κ3) is 2.75. The quantitative estimate of drug-likeness (QED) is 0.832. The van der Waals surface area contributed by atoms with Crippen LogP contribution in [0.3, 0.4) is 0 Å². The van der Waals surface area contributed by atoms with Crippen molar-refractivity contribution in [3.63, 3.8) is 0 Å². The Morgan fingerprint density at radius 1 is 1.44 bits per heavy atom. The Hall–Kier alpha value is -1.71. The van der Waals surface area contributed by atoms with Crippen LogP contribution >= 0.6 is 0 Å². The van der Waals surface area contributed by atoms with Gasteiger partial charge in [0.15, 0.2) is 0 Å². The van der Waals surface area contributed by atoms with Gasteiger partial charge in [-0.05, 0) is 44.9 Å². The molecule has 1 atom stereocenters. The van der Waals surface area contributed by atoms with E-state index in [1.165, 1.54) is 0 Å². The zero-order valence-corrected chi connectivity index (χ0v) is 11.0. The Morgan fingerprint density at radius 3 is 2.67 bits per heavy atom. The van der Waals surface area contributed by atoms with Gasteiger partial charge in [-0.25, -0.2) is 4.79 Å². The summed E-state index contributed by atoms with van der Waals surface area (Å²) < 4.78 is 5.35. The van der Waals surface area contributed by atoms with Crippen LogP contribution in [0.2, 0.25) is 0 Å². The predicted octanol–water partition coefficient (Wildman–Crippen LogP) is 3.07. The standard InChI is InChI=1S/C14H19NO3/c1-14(2,3)18-13(17)15-8-7-12(15)10-5-4-6-11(16)9-10/h4-6,9,12,16H,7-8H2,1-3H3. The minimum Gasteiger partial charge on any atom is -0.508 e. The molecule has 0 aliphatic carbocycles. The van der Waals surface area contributed by atoms with E-state index >= 15 is 0 Å². The van der Waals surface area contributed by atoms with Crippen molar-refractivity contribution in [3.8, 4) is 5.75 Å². The van der Waals surface area contributed by atoms with Gasteiger partial charge in [-0.3, -0.25) is 0 Å². The Labute approximate surface area is 107 Å². The van der Waals surface area contributed by atoms with E-state index in [1.54, 1.807) is 23.1 Å². The van der Waals surface area contributed by atoms with Gasteiger partial charge in [0, 0.05) is 6.54 Å². The van der Waals surface area contributed by atoms with E-state index < -0.39 is 5.60 Å². The van der Waals surface area contributed by atoms with E-state index in [4.69, 9.17) is 4.74 Å². The molecule has 1 saturated heterocycles. The van der Waals surface area contributed by atoms with E-state index in [-0.39, 0.29) is 17.9 Å². The van der Waals surface area contributed by atoms with Crippen molar-refractivity contribution < 1.29 is 14.6 Å². The molecule has 0 radical (unpaired) electrons. The summed E-state index contributed by atoms with van der Waals surface area (Å²) in [5, 5.41) is 9.46. The largest absolute Gasteiger partial charge is 0.508 e. The van der Waals surface area contributed by atoms with Crippen molar-refractivity contribution in [1.82, 2.24) is 4.90 Å². The van der Waals surface area contributed by atoms with Gasteiger partial charge in [0.25, 0.3) is 0 Å². The van der Waals surface area contributed by atoms with Crippen LogP contribution in [0.5, 0.6) is 5.75 Å². The van der Waals surface area contributed by atoms with Crippen LogP contribution in [0.4, 0.5) is 4.79 Å². The Morgan fingerprint density at radius 2 is 2.17 bits per heavy atom. The molecule has 4 heteroatoms. The number of phenols is 1. The van der Waals surface area contributed by atoms with Crippen LogP contribution in [0.1, 0.15) is 38.8 Å². The number of carbonyl (C=O) groups is 1. The van der Waals surface area contributed by atoms with Gasteiger partial charge in [0.05, 0.1) is 6.04 Å². The summed E-state index contributed by atoms with van der Waals surface area (Å²) in [5.74, 6) is 0.225. The molecule has 1 amide bonds. The summed E-state index contributed by atoms with van der Waals surface area (Å²) in [6.07, 6.45) is 0.616. The minimum absolute atomic E-state index is 0.0203. The first-order valence-electron chi connectivity index (χ1n) is 6.15. The van der Waals surface area contributed by atoms with Gasteiger partial charge in [-0.2, -0.15) is 0 Å². The molecule has 0 aromatic heterocycles. The lowest BCUT2D eigenvalue weighted by atomic mass is 9.95. The summed E-state index contributed by atoms with van der Waals surface area (Å²) in [7, 11) is 0. The molecule has 1 heterocycles. The first-order valence-corrected chi connectivity index (χ1v) is 6.15. The number of benzene rings is 1. The van der Waals surface area contributed by atoms with Gasteiger partial charge in [-0.1, -0.05) is 12.1 Å². The number of hydrogen-bond acceptors (Lipinski definition) is 3. The lowest BCUT2D eigenvalue weighted by Gasteiger charge is -2.41. The summed E-state index contributed by atoms with van der Waals surface area (Å²) in [5.41, 5.74) is 0.475. The third-order valence-electron chi connectivity index (χ3n) is 2.90. The molecule has 0 saturated carbocycles. The molecule has 1 aliphatic heterocycles. The molecule has 0 spiro atoms. The van der Waals surface area contributed by atoms with E-state index in [0.29, 0.717) is 6.54 Å². The summed E-state index contributed by atoms with van der Waals surface area (Å²) in [6, 6.07) is 7.05. The average molecular weight is 249 g/mol. The van der Waals surface area contributed by atoms with Crippen LogP contribution in [0, 0.1) is 0 Å². The number of likely N-dealkylation sites (tertiary alicyclic amines) is 1. The molecule has 2 rings (SSSR count). The highest BCUT2D eigenvalue weighted by Gasteiger charge is 2.36. The molecule has 4 nitrogen and oxygen atoms in total. The molecule has 18 heavy (non-hydrogen) atoms. The van der Waals surface area contributed by atoms with E-state index in [2.05, 4.69) is 0 Å². The second kappa shape index (κ2) is 4.52. The van der Waals surface area contributed by atoms with Crippen LogP contribution in [0.15, 0.2) is 24.3 Å². The maximum Gasteiger partial charge on any atom is 0.410 e. The molecule has 1 unspecified atom stereocenters. The fourth-order valence-corrected chi connectivity index (χ4v) is 2.01. The molecule has 1 aromatic rings. The van der Waals surface area contributed by atoms with Gasteiger partial charge in [-0.15, -0.1) is 0 Å². The zero-order valence-electron chi connectivity index (χ0n) is 11.0. The zero-order chi connectivity index (χ0) is 13.3. The average Bonchev–Trinajstić information content (AvgIpc) is 2.12. The third-order valence-corrected chi connectivity index (χ3v) is 2.90. The normalized spacial score (nSPS) is 19.3. The lowest BCUT2D eigenvalue weighted by Crippen LogP contribution is -2.47. The van der Waals surface area contributed by atoms with Crippen molar-refractivity contribution in [2.75, 3.05) is 6.54 Å². The van der Waals surface area contributed by atoms with Crippen molar-refractivity contribution in [3.05, 3.63) is 29.8 Å². The van der Waals surface area contributed by atoms with Gasteiger partial charge in [0.2, 0.25) is 0 Å². The number of carbonyl (C=O) groups excluding carboxylic acids is 1. The summed E-state index contributed by atoms with van der Waals surface area (Å²) in [4.78, 5) is 13.6. The number of ether oxygens (including phenoxy) is 1. The summed E-state index contributed by atoms with van der Waals surface area (Å²) >= 11 is 0. The molecule has 1 aromatic carbocycles. The van der Waals surface area contributed by atoms with Crippen LogP contribution < -0.4 is 0 Å². The lowest BCUT2D eigenvalue weighted by molar-refractivity contribution is -0.00578. The van der Waals surface area contributed by atoms with Crippen LogP contribution in [0.25, 0.3) is 0 Å². The monoisotopic (exact) mass is 249 g/mol. The fourth-order valence-electron chi connectivity index (χ4n) is 2.01. The Balaban J connectivity index is 2.06. The highest BCUT2D eigenvalue weighted by molar-refractivity contribution is 5.70. The van der Waals surface area contributed by atoms with Crippen LogP contribution in [-0.2, 0) is 4.74 Å². The number of phenolic OH excluding ortho intramolecular Hbond substituents is 1. The van der Waals surface area contributed by atoms with E-state index in [0.717, 1.165) is 12.0 Å². The highest BCUT2D eigenvalue weighted by Crippen LogP contribution is 2.35. The number of rotatable bonds is 1. The number of hydrogen-bond donors (Lipinski definition) is 1. The second-order valence-electron chi connectivity index (χ2n) is 5.57. The molecule has 0 bridgehead atoms. The smallest absolute Gasteiger partial charge is 0.410 e. The van der Waals surface area contributed by atoms with Crippen molar-refractivity contribution in [2.45, 2.75) is 38.8 Å². The van der Waals surface area contributed by atoms with Gasteiger partial charge >= 0.3 is 6.09 Å². The molecular formula is C14H19NO3. The van der Waals surface area contributed by atoms with E-state index in [9.17, 15) is 9.90 Å². The molecular weight excluding hydrogens is 230 g/mol. The maximum absolute atomic E-state index is 12.0. The predicted molar refractivity (Wildman–Crippen MR) is 68.4 cm³/mol. The highest BCUT2D eigenvalue weighted by atomic mass is 16.6. The molecule has 1 aliphatic rings.